The molecule has 28 heavy (non-hydrogen) atoms. The van der Waals surface area contributed by atoms with Gasteiger partial charge in [-0.2, -0.15) is 0 Å². The van der Waals surface area contributed by atoms with Crippen molar-refractivity contribution in [3.8, 4) is 11.5 Å². The van der Waals surface area contributed by atoms with Crippen molar-refractivity contribution >= 4 is 5.91 Å². The molecule has 1 heterocycles. The fraction of sp³-hybridized carbons (Fsp3) is 0.217. The predicted molar refractivity (Wildman–Crippen MR) is 109 cm³/mol. The number of aromatic nitrogens is 1. The highest BCUT2D eigenvalue weighted by atomic mass is 16.5. The van der Waals surface area contributed by atoms with Gasteiger partial charge < -0.3 is 14.8 Å². The summed E-state index contributed by atoms with van der Waals surface area (Å²) in [5.41, 5.74) is 2.96. The van der Waals surface area contributed by atoms with Gasteiger partial charge in [0.25, 0.3) is 0 Å². The molecule has 0 saturated carbocycles. The van der Waals surface area contributed by atoms with Crippen LogP contribution >= 0.6 is 0 Å². The fourth-order valence-electron chi connectivity index (χ4n) is 3.12. The van der Waals surface area contributed by atoms with Crippen LogP contribution < -0.4 is 14.8 Å². The van der Waals surface area contributed by atoms with E-state index in [-0.39, 0.29) is 11.9 Å². The van der Waals surface area contributed by atoms with Gasteiger partial charge in [0.2, 0.25) is 5.91 Å². The molecule has 0 spiro atoms. The molecule has 1 aromatic heterocycles. The van der Waals surface area contributed by atoms with Crippen molar-refractivity contribution in [2.45, 2.75) is 18.9 Å². The summed E-state index contributed by atoms with van der Waals surface area (Å²) in [6.45, 7) is 0. The molecule has 5 heteroatoms. The third kappa shape index (κ3) is 4.88. The van der Waals surface area contributed by atoms with E-state index in [9.17, 15) is 4.79 Å². The Hall–Kier alpha value is -3.34. The van der Waals surface area contributed by atoms with Crippen LogP contribution in [0.2, 0.25) is 0 Å². The summed E-state index contributed by atoms with van der Waals surface area (Å²) in [5.74, 6) is 1.47. The SMILES string of the molecule is COc1ccc(OC)c(CCC(=O)NC(c2ccccc2)c2ccncc2)c1. The summed E-state index contributed by atoms with van der Waals surface area (Å²) in [6, 6.07) is 19.1. The van der Waals surface area contributed by atoms with Gasteiger partial charge in [0.05, 0.1) is 20.3 Å². The summed E-state index contributed by atoms with van der Waals surface area (Å²) in [4.78, 5) is 16.8. The molecule has 1 unspecified atom stereocenters. The number of benzene rings is 2. The summed E-state index contributed by atoms with van der Waals surface area (Å²) < 4.78 is 10.7. The normalized spacial score (nSPS) is 11.5. The maximum atomic E-state index is 12.7. The highest BCUT2D eigenvalue weighted by molar-refractivity contribution is 5.77. The van der Waals surface area contributed by atoms with Gasteiger partial charge in [-0.05, 0) is 53.4 Å². The first-order chi connectivity index (χ1) is 13.7. The molecule has 0 bridgehead atoms. The highest BCUT2D eigenvalue weighted by Gasteiger charge is 2.17. The van der Waals surface area contributed by atoms with Crippen LogP contribution in [-0.4, -0.2) is 25.1 Å². The Morgan fingerprint density at radius 3 is 2.36 bits per heavy atom. The average Bonchev–Trinajstić information content (AvgIpc) is 2.77. The minimum atomic E-state index is -0.219. The Bertz CT molecular complexity index is 859. The first-order valence-electron chi connectivity index (χ1n) is 9.16. The number of ether oxygens (including phenoxy) is 2. The molecule has 1 amide bonds. The lowest BCUT2D eigenvalue weighted by molar-refractivity contribution is -0.121. The number of carbonyl (C=O) groups excluding carboxylic acids is 1. The van der Waals surface area contributed by atoms with Crippen LogP contribution in [0.25, 0.3) is 0 Å². The molecule has 1 atom stereocenters. The van der Waals surface area contributed by atoms with Crippen molar-refractivity contribution in [1.29, 1.82) is 0 Å². The number of methoxy groups -OCH3 is 2. The maximum absolute atomic E-state index is 12.7. The number of pyridine rings is 1. The third-order valence-electron chi connectivity index (χ3n) is 4.59. The van der Waals surface area contributed by atoms with Crippen molar-refractivity contribution in [1.82, 2.24) is 10.3 Å². The zero-order valence-corrected chi connectivity index (χ0v) is 16.1. The van der Waals surface area contributed by atoms with Crippen molar-refractivity contribution in [2.24, 2.45) is 0 Å². The molecule has 0 aliphatic carbocycles. The Balaban J connectivity index is 1.73. The van der Waals surface area contributed by atoms with Crippen molar-refractivity contribution in [3.63, 3.8) is 0 Å². The van der Waals surface area contributed by atoms with E-state index in [1.807, 2.05) is 60.7 Å². The summed E-state index contributed by atoms with van der Waals surface area (Å²) in [7, 11) is 3.25. The smallest absolute Gasteiger partial charge is 0.221 e. The topological polar surface area (TPSA) is 60.5 Å². The zero-order valence-electron chi connectivity index (χ0n) is 16.1. The molecule has 3 aromatic rings. The third-order valence-corrected chi connectivity index (χ3v) is 4.59. The van der Waals surface area contributed by atoms with Crippen LogP contribution in [0.3, 0.4) is 0 Å². The minimum Gasteiger partial charge on any atom is -0.497 e. The van der Waals surface area contributed by atoms with Gasteiger partial charge in [0, 0.05) is 18.8 Å². The highest BCUT2D eigenvalue weighted by Crippen LogP contribution is 2.26. The van der Waals surface area contributed by atoms with E-state index in [1.165, 1.54) is 0 Å². The minimum absolute atomic E-state index is 0.0319. The van der Waals surface area contributed by atoms with Gasteiger partial charge in [-0.15, -0.1) is 0 Å². The number of rotatable bonds is 8. The van der Waals surface area contributed by atoms with E-state index in [4.69, 9.17) is 9.47 Å². The molecule has 0 fully saturated rings. The Morgan fingerprint density at radius 1 is 0.964 bits per heavy atom. The van der Waals surface area contributed by atoms with E-state index >= 15 is 0 Å². The second-order valence-corrected chi connectivity index (χ2v) is 6.37. The van der Waals surface area contributed by atoms with Gasteiger partial charge in [-0.25, -0.2) is 0 Å². The quantitative estimate of drug-likeness (QED) is 0.647. The van der Waals surface area contributed by atoms with E-state index in [2.05, 4.69) is 10.3 Å². The Morgan fingerprint density at radius 2 is 1.68 bits per heavy atom. The first-order valence-corrected chi connectivity index (χ1v) is 9.16. The molecule has 2 aromatic carbocycles. The molecule has 0 radical (unpaired) electrons. The van der Waals surface area contributed by atoms with Gasteiger partial charge >= 0.3 is 0 Å². The zero-order chi connectivity index (χ0) is 19.8. The second-order valence-electron chi connectivity index (χ2n) is 6.37. The molecule has 0 aliphatic heterocycles. The predicted octanol–water partition coefficient (Wildman–Crippen LogP) is 3.94. The maximum Gasteiger partial charge on any atom is 0.221 e. The van der Waals surface area contributed by atoms with Gasteiger partial charge in [0.1, 0.15) is 11.5 Å². The number of hydrogen-bond donors (Lipinski definition) is 1. The van der Waals surface area contributed by atoms with E-state index in [0.29, 0.717) is 12.8 Å². The number of nitrogens with one attached hydrogen (secondary N) is 1. The molecule has 5 nitrogen and oxygen atoms in total. The van der Waals surface area contributed by atoms with Crippen LogP contribution in [-0.2, 0) is 11.2 Å². The number of amides is 1. The number of aryl methyl sites for hydroxylation is 1. The standard InChI is InChI=1S/C23H24N2O3/c1-27-20-9-10-21(28-2)19(16-20)8-11-22(26)25-23(17-6-4-3-5-7-17)18-12-14-24-15-13-18/h3-7,9-10,12-16,23H,8,11H2,1-2H3,(H,25,26). The second kappa shape index (κ2) is 9.55. The number of hydrogen-bond acceptors (Lipinski definition) is 4. The Labute approximate surface area is 165 Å². The van der Waals surface area contributed by atoms with Crippen LogP contribution in [0.1, 0.15) is 29.2 Å². The lowest BCUT2D eigenvalue weighted by atomic mass is 9.99. The molecule has 144 valence electrons. The molecule has 3 rings (SSSR count). The fourth-order valence-corrected chi connectivity index (χ4v) is 3.12. The number of carbonyl (C=O) groups is 1. The molecular weight excluding hydrogens is 352 g/mol. The van der Waals surface area contributed by atoms with Crippen LogP contribution in [0.5, 0.6) is 11.5 Å². The van der Waals surface area contributed by atoms with Crippen LogP contribution in [0.15, 0.2) is 73.1 Å². The van der Waals surface area contributed by atoms with Crippen molar-refractivity contribution in [3.05, 3.63) is 89.7 Å². The molecular formula is C23H24N2O3. The van der Waals surface area contributed by atoms with Gasteiger partial charge in [0.15, 0.2) is 0 Å². The average molecular weight is 376 g/mol. The van der Waals surface area contributed by atoms with Gasteiger partial charge in [-0.3, -0.25) is 9.78 Å². The monoisotopic (exact) mass is 376 g/mol. The molecule has 0 aliphatic rings. The van der Waals surface area contributed by atoms with Crippen LogP contribution in [0, 0.1) is 0 Å². The largest absolute Gasteiger partial charge is 0.497 e. The summed E-state index contributed by atoms with van der Waals surface area (Å²) in [5, 5.41) is 3.15. The molecule has 0 saturated heterocycles. The lowest BCUT2D eigenvalue weighted by Crippen LogP contribution is -2.29. The number of nitrogens with zero attached hydrogens (tertiary/aromatic N) is 1. The van der Waals surface area contributed by atoms with Crippen LogP contribution in [0.4, 0.5) is 0 Å². The lowest BCUT2D eigenvalue weighted by Gasteiger charge is -2.20. The summed E-state index contributed by atoms with van der Waals surface area (Å²) in [6.07, 6.45) is 4.37. The van der Waals surface area contributed by atoms with E-state index in [0.717, 1.165) is 28.2 Å². The molecule has 1 N–H and O–H groups in total. The van der Waals surface area contributed by atoms with Crippen molar-refractivity contribution in [2.75, 3.05) is 14.2 Å². The van der Waals surface area contributed by atoms with E-state index < -0.39 is 0 Å². The van der Waals surface area contributed by atoms with Crippen molar-refractivity contribution < 1.29 is 14.3 Å². The van der Waals surface area contributed by atoms with E-state index in [1.54, 1.807) is 26.6 Å². The van der Waals surface area contributed by atoms with Gasteiger partial charge in [-0.1, -0.05) is 30.3 Å². The summed E-state index contributed by atoms with van der Waals surface area (Å²) >= 11 is 0. The Kier molecular flexibility index (Phi) is 6.63. The first kappa shape index (κ1) is 19.4.